The van der Waals surface area contributed by atoms with Crippen LogP contribution in [0.1, 0.15) is 10.4 Å². The average molecular weight is 328 g/mol. The van der Waals surface area contributed by atoms with Gasteiger partial charge < -0.3 is 10.1 Å². The maximum absolute atomic E-state index is 11.6. The van der Waals surface area contributed by atoms with Crippen LogP contribution >= 0.6 is 11.6 Å². The lowest BCUT2D eigenvalue weighted by atomic mass is 9.96. The number of hydrogen-bond acceptors (Lipinski definition) is 5. The molecule has 0 fully saturated rings. The van der Waals surface area contributed by atoms with E-state index < -0.39 is 0 Å². The molecule has 0 radical (unpaired) electrons. The third-order valence-electron chi connectivity index (χ3n) is 3.55. The zero-order valence-electron chi connectivity index (χ0n) is 12.6. The Kier molecular flexibility index (Phi) is 4.12. The number of carbonyl (C=O) groups is 1. The van der Waals surface area contributed by atoms with Crippen molar-refractivity contribution in [1.29, 1.82) is 0 Å². The molecule has 0 amide bonds. The molecule has 0 bridgehead atoms. The fourth-order valence-electron chi connectivity index (χ4n) is 2.53. The predicted octanol–water partition coefficient (Wildman–Crippen LogP) is 3.81. The molecule has 0 atom stereocenters. The van der Waals surface area contributed by atoms with E-state index in [9.17, 15) is 4.79 Å². The molecule has 6 heteroatoms. The third-order valence-corrected chi connectivity index (χ3v) is 3.79. The molecule has 2 aromatic carbocycles. The fraction of sp³-hybridized carbons (Fsp3) is 0.118. The molecular formula is C17H14ClN3O2. The highest BCUT2D eigenvalue weighted by Crippen LogP contribution is 2.37. The van der Waals surface area contributed by atoms with E-state index in [-0.39, 0.29) is 0 Å². The van der Waals surface area contributed by atoms with Gasteiger partial charge in [-0.25, -0.2) is 9.97 Å². The van der Waals surface area contributed by atoms with Crippen LogP contribution in [0.15, 0.2) is 36.5 Å². The smallest absolute Gasteiger partial charge is 0.223 e. The number of anilines is 1. The number of halogens is 1. The summed E-state index contributed by atoms with van der Waals surface area (Å²) in [6.07, 6.45) is 2.48. The number of aromatic nitrogens is 2. The molecule has 0 saturated heterocycles. The van der Waals surface area contributed by atoms with E-state index in [2.05, 4.69) is 15.3 Å². The zero-order valence-corrected chi connectivity index (χ0v) is 13.4. The summed E-state index contributed by atoms with van der Waals surface area (Å²) in [6.45, 7) is 0. The molecule has 0 aliphatic carbocycles. The van der Waals surface area contributed by atoms with E-state index in [4.69, 9.17) is 16.3 Å². The summed E-state index contributed by atoms with van der Waals surface area (Å²) in [5.74, 6) is 0.999. The van der Waals surface area contributed by atoms with Gasteiger partial charge in [-0.15, -0.1) is 0 Å². The van der Waals surface area contributed by atoms with E-state index in [1.807, 2.05) is 18.2 Å². The van der Waals surface area contributed by atoms with Gasteiger partial charge in [-0.05, 0) is 23.8 Å². The normalized spacial score (nSPS) is 10.6. The average Bonchev–Trinajstić information content (AvgIpc) is 2.59. The third kappa shape index (κ3) is 2.71. The number of fused-ring (bicyclic) bond motifs is 1. The van der Waals surface area contributed by atoms with Crippen molar-refractivity contribution in [3.05, 3.63) is 47.1 Å². The van der Waals surface area contributed by atoms with Crippen molar-refractivity contribution >= 4 is 34.7 Å². The van der Waals surface area contributed by atoms with Gasteiger partial charge in [0, 0.05) is 34.8 Å². The summed E-state index contributed by atoms with van der Waals surface area (Å²) in [6, 6.07) is 9.00. The van der Waals surface area contributed by atoms with Crippen LogP contribution in [0.5, 0.6) is 5.75 Å². The molecule has 0 spiro atoms. The molecular weight excluding hydrogens is 314 g/mol. The Balaban J connectivity index is 2.42. The van der Waals surface area contributed by atoms with Gasteiger partial charge in [0.2, 0.25) is 5.95 Å². The first-order valence-corrected chi connectivity index (χ1v) is 7.32. The summed E-state index contributed by atoms with van der Waals surface area (Å²) in [7, 11) is 3.29. The number of rotatable bonds is 4. The number of nitrogens with zero attached hydrogens (tertiary/aromatic N) is 2. The number of methoxy groups -OCH3 is 1. The number of hydrogen-bond donors (Lipinski definition) is 1. The molecule has 23 heavy (non-hydrogen) atoms. The van der Waals surface area contributed by atoms with Crippen molar-refractivity contribution in [3.8, 4) is 16.9 Å². The van der Waals surface area contributed by atoms with Crippen molar-refractivity contribution in [3.63, 3.8) is 0 Å². The monoisotopic (exact) mass is 327 g/mol. The Morgan fingerprint density at radius 3 is 2.78 bits per heavy atom. The Morgan fingerprint density at radius 1 is 1.30 bits per heavy atom. The highest BCUT2D eigenvalue weighted by molar-refractivity contribution is 6.31. The van der Waals surface area contributed by atoms with Crippen LogP contribution in [0.4, 0.5) is 5.95 Å². The van der Waals surface area contributed by atoms with Crippen molar-refractivity contribution in [1.82, 2.24) is 9.97 Å². The van der Waals surface area contributed by atoms with Crippen LogP contribution < -0.4 is 10.1 Å². The minimum absolute atomic E-state index is 0.478. The second kappa shape index (κ2) is 6.22. The van der Waals surface area contributed by atoms with Crippen LogP contribution in [0, 0.1) is 0 Å². The molecule has 0 saturated carbocycles. The maximum atomic E-state index is 11.6. The van der Waals surface area contributed by atoms with Crippen molar-refractivity contribution in [2.24, 2.45) is 0 Å². The van der Waals surface area contributed by atoms with E-state index in [0.717, 1.165) is 22.8 Å². The Bertz CT molecular complexity index is 896. The summed E-state index contributed by atoms with van der Waals surface area (Å²) in [4.78, 5) is 20.3. The number of aldehydes is 1. The van der Waals surface area contributed by atoms with Crippen molar-refractivity contribution in [2.75, 3.05) is 19.5 Å². The lowest BCUT2D eigenvalue weighted by Gasteiger charge is -2.13. The van der Waals surface area contributed by atoms with Gasteiger partial charge in [0.1, 0.15) is 11.3 Å². The van der Waals surface area contributed by atoms with Crippen LogP contribution in [0.2, 0.25) is 5.02 Å². The molecule has 1 aromatic heterocycles. The summed E-state index contributed by atoms with van der Waals surface area (Å²) in [5, 5.41) is 4.22. The minimum Gasteiger partial charge on any atom is -0.494 e. The number of nitrogens with one attached hydrogen (secondary N) is 1. The van der Waals surface area contributed by atoms with Gasteiger partial charge in [-0.3, -0.25) is 4.79 Å². The van der Waals surface area contributed by atoms with Gasteiger partial charge in [0.05, 0.1) is 7.11 Å². The summed E-state index contributed by atoms with van der Waals surface area (Å²) in [5.41, 5.74) is 2.69. The number of carbonyl (C=O) groups excluding carboxylic acids is 1. The SMILES string of the molecule is CNc1ncc2c(-c3cccc(Cl)c3)c(C=O)cc(OC)c2n1. The molecule has 116 valence electrons. The number of ether oxygens (including phenoxy) is 1. The van der Waals surface area contributed by atoms with Gasteiger partial charge in [-0.2, -0.15) is 0 Å². The Hall–Kier alpha value is -2.66. The van der Waals surface area contributed by atoms with Gasteiger partial charge in [0.25, 0.3) is 0 Å². The first kappa shape index (κ1) is 15.2. The van der Waals surface area contributed by atoms with Gasteiger partial charge >= 0.3 is 0 Å². The highest BCUT2D eigenvalue weighted by Gasteiger charge is 2.16. The van der Waals surface area contributed by atoms with Crippen LogP contribution in [0.3, 0.4) is 0 Å². The summed E-state index contributed by atoms with van der Waals surface area (Å²) >= 11 is 6.09. The first-order valence-electron chi connectivity index (χ1n) is 6.94. The molecule has 5 nitrogen and oxygen atoms in total. The molecule has 0 aliphatic heterocycles. The molecule has 0 aliphatic rings. The molecule has 3 rings (SSSR count). The Morgan fingerprint density at radius 2 is 2.13 bits per heavy atom. The maximum Gasteiger partial charge on any atom is 0.223 e. The summed E-state index contributed by atoms with van der Waals surface area (Å²) < 4.78 is 5.38. The van der Waals surface area contributed by atoms with Crippen LogP contribution in [0.25, 0.3) is 22.0 Å². The number of benzene rings is 2. The molecule has 0 unspecified atom stereocenters. The van der Waals surface area contributed by atoms with Crippen LogP contribution in [-0.4, -0.2) is 30.4 Å². The quantitative estimate of drug-likeness (QED) is 0.738. The Labute approximate surface area is 138 Å². The van der Waals surface area contributed by atoms with Crippen molar-refractivity contribution < 1.29 is 9.53 Å². The topological polar surface area (TPSA) is 64.1 Å². The standard InChI is InChI=1S/C17H14ClN3O2/c1-19-17-20-8-13-15(10-4-3-5-12(18)6-10)11(9-22)7-14(23-2)16(13)21-17/h3-9H,1-2H3,(H,19,20,21). The van der Waals surface area contributed by atoms with E-state index in [1.165, 1.54) is 0 Å². The first-order chi connectivity index (χ1) is 11.2. The zero-order chi connectivity index (χ0) is 16.4. The molecule has 3 aromatic rings. The molecule has 1 N–H and O–H groups in total. The lowest BCUT2D eigenvalue weighted by Crippen LogP contribution is -2.00. The lowest BCUT2D eigenvalue weighted by molar-refractivity contribution is 0.112. The fourth-order valence-corrected chi connectivity index (χ4v) is 2.72. The predicted molar refractivity (Wildman–Crippen MR) is 91.5 cm³/mol. The van der Waals surface area contributed by atoms with E-state index in [1.54, 1.807) is 32.5 Å². The second-order valence-electron chi connectivity index (χ2n) is 4.88. The second-order valence-corrected chi connectivity index (χ2v) is 5.31. The highest BCUT2D eigenvalue weighted by atomic mass is 35.5. The minimum atomic E-state index is 0.478. The molecule has 1 heterocycles. The van der Waals surface area contributed by atoms with Crippen molar-refractivity contribution in [2.45, 2.75) is 0 Å². The largest absolute Gasteiger partial charge is 0.494 e. The van der Waals surface area contributed by atoms with Crippen LogP contribution in [-0.2, 0) is 0 Å². The van der Waals surface area contributed by atoms with Gasteiger partial charge in [-0.1, -0.05) is 23.7 Å². The van der Waals surface area contributed by atoms with E-state index in [0.29, 0.717) is 27.8 Å². The van der Waals surface area contributed by atoms with E-state index >= 15 is 0 Å². The van der Waals surface area contributed by atoms with Gasteiger partial charge in [0.15, 0.2) is 6.29 Å².